The van der Waals surface area contributed by atoms with Gasteiger partial charge >= 0.3 is 0 Å². The standard InChI is InChI=1S/C21H16N2S/c1-3-7-19-15(5-1)17(11-22-19)21(14-9-10-24-13-14)18-12-23-20-8-4-2-6-16(18)20/h1-13,21-23H. The molecule has 2 N–H and O–H groups in total. The number of hydrogen-bond acceptors (Lipinski definition) is 1. The lowest BCUT2D eigenvalue weighted by molar-refractivity contribution is 1.01. The number of para-hydroxylation sites is 2. The number of thiophene rings is 1. The van der Waals surface area contributed by atoms with Gasteiger partial charge < -0.3 is 9.97 Å². The second kappa shape index (κ2) is 5.39. The molecule has 0 saturated heterocycles. The predicted molar refractivity (Wildman–Crippen MR) is 102 cm³/mol. The number of nitrogens with one attached hydrogen (secondary N) is 2. The quantitative estimate of drug-likeness (QED) is 0.414. The molecule has 24 heavy (non-hydrogen) atoms. The molecule has 0 fully saturated rings. The van der Waals surface area contributed by atoms with Crippen molar-refractivity contribution in [2.45, 2.75) is 5.92 Å². The molecule has 0 radical (unpaired) electrons. The topological polar surface area (TPSA) is 31.6 Å². The molecule has 5 rings (SSSR count). The fraction of sp³-hybridized carbons (Fsp3) is 0.0476. The summed E-state index contributed by atoms with van der Waals surface area (Å²) in [5.41, 5.74) is 6.37. The van der Waals surface area contributed by atoms with Gasteiger partial charge in [0.15, 0.2) is 0 Å². The van der Waals surface area contributed by atoms with E-state index in [0.29, 0.717) is 0 Å². The molecule has 3 aromatic heterocycles. The molecule has 2 aromatic carbocycles. The van der Waals surface area contributed by atoms with Crippen LogP contribution in [-0.4, -0.2) is 9.97 Å². The Kier molecular flexibility index (Phi) is 3.06. The SMILES string of the molecule is c1ccc2c(C(c3ccsc3)c3c[nH]c4ccccc34)c[nH]c2c1. The van der Waals surface area contributed by atoms with Gasteiger partial charge in [-0.2, -0.15) is 11.3 Å². The summed E-state index contributed by atoms with van der Waals surface area (Å²) >= 11 is 1.75. The molecule has 0 bridgehead atoms. The third kappa shape index (κ3) is 2.02. The lowest BCUT2D eigenvalue weighted by Gasteiger charge is -2.15. The van der Waals surface area contributed by atoms with Gasteiger partial charge in [0.25, 0.3) is 0 Å². The summed E-state index contributed by atoms with van der Waals surface area (Å²) in [6, 6.07) is 19.3. The highest BCUT2D eigenvalue weighted by Gasteiger charge is 2.23. The highest BCUT2D eigenvalue weighted by atomic mass is 32.1. The Balaban J connectivity index is 1.80. The second-order valence-electron chi connectivity index (χ2n) is 6.07. The predicted octanol–water partition coefficient (Wildman–Crippen LogP) is 5.89. The maximum absolute atomic E-state index is 3.43. The van der Waals surface area contributed by atoms with Gasteiger partial charge in [-0.05, 0) is 45.6 Å². The van der Waals surface area contributed by atoms with Gasteiger partial charge in [-0.3, -0.25) is 0 Å². The van der Waals surface area contributed by atoms with Gasteiger partial charge in [0.2, 0.25) is 0 Å². The fourth-order valence-electron chi connectivity index (χ4n) is 3.63. The first kappa shape index (κ1) is 13.6. The molecule has 0 amide bonds. The maximum atomic E-state index is 3.43. The van der Waals surface area contributed by atoms with Gasteiger partial charge in [0, 0.05) is 40.1 Å². The zero-order valence-electron chi connectivity index (χ0n) is 13.0. The number of fused-ring (bicyclic) bond motifs is 2. The maximum Gasteiger partial charge on any atom is 0.0457 e. The van der Waals surface area contributed by atoms with Crippen molar-refractivity contribution < 1.29 is 0 Å². The molecule has 0 spiro atoms. The van der Waals surface area contributed by atoms with E-state index >= 15 is 0 Å². The molecule has 3 heterocycles. The van der Waals surface area contributed by atoms with E-state index in [-0.39, 0.29) is 5.92 Å². The molecule has 0 unspecified atom stereocenters. The minimum Gasteiger partial charge on any atom is -0.361 e. The van der Waals surface area contributed by atoms with Crippen molar-refractivity contribution in [1.29, 1.82) is 0 Å². The number of aromatic amines is 2. The van der Waals surface area contributed by atoms with Crippen molar-refractivity contribution in [3.63, 3.8) is 0 Å². The van der Waals surface area contributed by atoms with Crippen LogP contribution in [0.15, 0.2) is 77.8 Å². The van der Waals surface area contributed by atoms with Crippen LogP contribution < -0.4 is 0 Å². The van der Waals surface area contributed by atoms with Crippen LogP contribution in [0.1, 0.15) is 22.6 Å². The zero-order valence-corrected chi connectivity index (χ0v) is 13.8. The number of H-pyrrole nitrogens is 2. The lowest BCUT2D eigenvalue weighted by atomic mass is 9.86. The Morgan fingerprint density at radius 3 is 1.83 bits per heavy atom. The average Bonchev–Trinajstić information content (AvgIpc) is 3.36. The largest absolute Gasteiger partial charge is 0.361 e. The normalized spacial score (nSPS) is 11.7. The van der Waals surface area contributed by atoms with E-state index in [1.54, 1.807) is 11.3 Å². The summed E-state index contributed by atoms with van der Waals surface area (Å²) < 4.78 is 0. The van der Waals surface area contributed by atoms with Crippen LogP contribution in [0.2, 0.25) is 0 Å². The first-order valence-electron chi connectivity index (χ1n) is 8.06. The van der Waals surface area contributed by atoms with Crippen molar-refractivity contribution in [2.24, 2.45) is 0 Å². The summed E-state index contributed by atoms with van der Waals surface area (Å²) in [6.07, 6.45) is 4.32. The summed E-state index contributed by atoms with van der Waals surface area (Å²) in [6.45, 7) is 0. The van der Waals surface area contributed by atoms with E-state index in [4.69, 9.17) is 0 Å². The van der Waals surface area contributed by atoms with Crippen LogP contribution in [-0.2, 0) is 0 Å². The van der Waals surface area contributed by atoms with Gasteiger partial charge in [-0.25, -0.2) is 0 Å². The lowest BCUT2D eigenvalue weighted by Crippen LogP contribution is -2.00. The van der Waals surface area contributed by atoms with Crippen LogP contribution in [0.3, 0.4) is 0 Å². The minimum absolute atomic E-state index is 0.226. The van der Waals surface area contributed by atoms with Crippen LogP contribution in [0.25, 0.3) is 21.8 Å². The number of rotatable bonds is 3. The monoisotopic (exact) mass is 328 g/mol. The van der Waals surface area contributed by atoms with Crippen LogP contribution in [0.4, 0.5) is 0 Å². The average molecular weight is 328 g/mol. The third-order valence-corrected chi connectivity index (χ3v) is 5.44. The molecule has 0 atom stereocenters. The van der Waals surface area contributed by atoms with Crippen LogP contribution in [0.5, 0.6) is 0 Å². The molecular weight excluding hydrogens is 312 g/mol. The summed E-state index contributed by atoms with van der Waals surface area (Å²) in [7, 11) is 0. The molecule has 0 saturated carbocycles. The van der Waals surface area contributed by atoms with Crippen molar-refractivity contribution >= 4 is 33.1 Å². The minimum atomic E-state index is 0.226. The number of hydrogen-bond donors (Lipinski definition) is 2. The Labute approximate surface area is 143 Å². The molecule has 0 aliphatic carbocycles. The first-order chi connectivity index (χ1) is 11.9. The third-order valence-electron chi connectivity index (χ3n) is 4.74. The first-order valence-corrected chi connectivity index (χ1v) is 9.00. The zero-order chi connectivity index (χ0) is 15.9. The summed E-state index contributed by atoms with van der Waals surface area (Å²) in [5, 5.41) is 7.00. The van der Waals surface area contributed by atoms with Gasteiger partial charge in [-0.1, -0.05) is 36.4 Å². The van der Waals surface area contributed by atoms with Crippen molar-refractivity contribution in [2.75, 3.05) is 0 Å². The number of benzene rings is 2. The molecule has 3 heteroatoms. The van der Waals surface area contributed by atoms with Gasteiger partial charge in [0.1, 0.15) is 0 Å². The van der Waals surface area contributed by atoms with Crippen molar-refractivity contribution in [1.82, 2.24) is 9.97 Å². The van der Waals surface area contributed by atoms with Gasteiger partial charge in [-0.15, -0.1) is 0 Å². The highest BCUT2D eigenvalue weighted by Crippen LogP contribution is 2.39. The molecule has 0 aliphatic rings. The summed E-state index contributed by atoms with van der Waals surface area (Å²) in [4.78, 5) is 6.87. The van der Waals surface area contributed by atoms with E-state index in [1.807, 2.05) is 0 Å². The van der Waals surface area contributed by atoms with Crippen molar-refractivity contribution in [3.05, 3.63) is 94.4 Å². The van der Waals surface area contributed by atoms with E-state index in [2.05, 4.69) is 87.7 Å². The van der Waals surface area contributed by atoms with Crippen LogP contribution in [0, 0.1) is 0 Å². The molecule has 0 aliphatic heterocycles. The molecule has 116 valence electrons. The van der Waals surface area contributed by atoms with Crippen molar-refractivity contribution in [3.8, 4) is 0 Å². The van der Waals surface area contributed by atoms with E-state index < -0.39 is 0 Å². The highest BCUT2D eigenvalue weighted by molar-refractivity contribution is 7.08. The second-order valence-corrected chi connectivity index (χ2v) is 6.85. The number of aromatic nitrogens is 2. The Hall–Kier alpha value is -2.78. The Bertz CT molecular complexity index is 1040. The summed E-state index contributed by atoms with van der Waals surface area (Å²) in [5.74, 6) is 0.226. The van der Waals surface area contributed by atoms with E-state index in [0.717, 1.165) is 0 Å². The van der Waals surface area contributed by atoms with Crippen LogP contribution >= 0.6 is 11.3 Å². The Morgan fingerprint density at radius 1 is 0.708 bits per heavy atom. The fourth-order valence-corrected chi connectivity index (χ4v) is 4.32. The molecule has 2 nitrogen and oxygen atoms in total. The van der Waals surface area contributed by atoms with Gasteiger partial charge in [0.05, 0.1) is 0 Å². The van der Waals surface area contributed by atoms with E-state index in [9.17, 15) is 0 Å². The smallest absolute Gasteiger partial charge is 0.0457 e. The molecule has 5 aromatic rings. The van der Waals surface area contributed by atoms with E-state index in [1.165, 1.54) is 38.5 Å². The Morgan fingerprint density at radius 2 is 1.29 bits per heavy atom. The molecular formula is C21H16N2S.